The minimum absolute atomic E-state index is 0.315. The van der Waals surface area contributed by atoms with Gasteiger partial charge in [-0.1, -0.05) is 41.6 Å². The third-order valence-electron chi connectivity index (χ3n) is 3.47. The Morgan fingerprint density at radius 1 is 1.22 bits per heavy atom. The van der Waals surface area contributed by atoms with Gasteiger partial charge in [-0.25, -0.2) is 9.37 Å². The highest BCUT2D eigenvalue weighted by Crippen LogP contribution is 2.30. The summed E-state index contributed by atoms with van der Waals surface area (Å²) in [4.78, 5) is 4.59. The summed E-state index contributed by atoms with van der Waals surface area (Å²) in [5, 5.41) is 10.0. The van der Waals surface area contributed by atoms with E-state index in [1.807, 2.05) is 28.8 Å². The lowest BCUT2D eigenvalue weighted by Gasteiger charge is -2.08. The van der Waals surface area contributed by atoms with E-state index in [9.17, 15) is 4.39 Å². The molecule has 0 aliphatic heterocycles. The maximum absolute atomic E-state index is 13.9. The van der Waals surface area contributed by atoms with Gasteiger partial charge in [0, 0.05) is 22.9 Å². The van der Waals surface area contributed by atoms with Gasteiger partial charge in [0.1, 0.15) is 5.82 Å². The molecule has 6 heteroatoms. The van der Waals surface area contributed by atoms with Gasteiger partial charge < -0.3 is 4.57 Å². The molecule has 0 radical (unpaired) electrons. The number of hydrogen-bond donors (Lipinski definition) is 0. The Morgan fingerprint density at radius 2 is 2.04 bits per heavy atom. The molecule has 0 N–H and O–H groups in total. The van der Waals surface area contributed by atoms with Crippen LogP contribution in [0.1, 0.15) is 12.0 Å². The summed E-state index contributed by atoms with van der Waals surface area (Å²) in [6.45, 7) is 0.560. The molecule has 1 aromatic heterocycles. The first-order chi connectivity index (χ1) is 11.2. The van der Waals surface area contributed by atoms with Crippen LogP contribution in [0, 0.1) is 17.1 Å². The Kier molecular flexibility index (Phi) is 4.85. The molecule has 0 amide bonds. The number of aromatic nitrogens is 2. The molecule has 0 spiro atoms. The summed E-state index contributed by atoms with van der Waals surface area (Å²) in [7, 11) is 0. The highest BCUT2D eigenvalue weighted by molar-refractivity contribution is 7.98. The van der Waals surface area contributed by atoms with E-state index in [4.69, 9.17) is 16.9 Å². The van der Waals surface area contributed by atoms with Gasteiger partial charge in [0.15, 0.2) is 5.16 Å². The van der Waals surface area contributed by atoms with Gasteiger partial charge in [0.2, 0.25) is 0 Å². The van der Waals surface area contributed by atoms with Crippen LogP contribution in [0.15, 0.2) is 47.6 Å². The molecule has 3 nitrogen and oxygen atoms in total. The van der Waals surface area contributed by atoms with E-state index in [-0.39, 0.29) is 5.82 Å². The number of rotatable bonds is 5. The van der Waals surface area contributed by atoms with Gasteiger partial charge >= 0.3 is 0 Å². The van der Waals surface area contributed by atoms with Crippen molar-refractivity contribution >= 4 is 34.4 Å². The Bertz CT molecular complexity index is 865. The first-order valence-corrected chi connectivity index (χ1v) is 8.45. The van der Waals surface area contributed by atoms with Crippen LogP contribution in [-0.4, -0.2) is 9.55 Å². The maximum Gasteiger partial charge on any atom is 0.169 e. The lowest BCUT2D eigenvalue weighted by atomic mass is 10.2. The predicted octanol–water partition coefficient (Wildman–Crippen LogP) is 5.03. The van der Waals surface area contributed by atoms with Crippen molar-refractivity contribution < 1.29 is 4.39 Å². The molecule has 23 heavy (non-hydrogen) atoms. The van der Waals surface area contributed by atoms with Crippen LogP contribution in [0.3, 0.4) is 0 Å². The first kappa shape index (κ1) is 15.9. The van der Waals surface area contributed by atoms with Crippen molar-refractivity contribution in [2.24, 2.45) is 0 Å². The molecule has 0 unspecified atom stereocenters. The molecule has 3 rings (SSSR count). The minimum atomic E-state index is -0.315. The van der Waals surface area contributed by atoms with Gasteiger partial charge in [-0.05, 0) is 24.3 Å². The van der Waals surface area contributed by atoms with Crippen molar-refractivity contribution in [2.45, 2.75) is 23.9 Å². The van der Waals surface area contributed by atoms with Gasteiger partial charge in [0.25, 0.3) is 0 Å². The maximum atomic E-state index is 13.9. The van der Waals surface area contributed by atoms with Crippen LogP contribution < -0.4 is 0 Å². The molecular weight excluding hydrogens is 333 g/mol. The molecule has 0 aliphatic rings. The number of imidazole rings is 1. The van der Waals surface area contributed by atoms with Crippen molar-refractivity contribution in [2.75, 3.05) is 0 Å². The number of thioether (sulfide) groups is 1. The second-order valence-electron chi connectivity index (χ2n) is 4.93. The van der Waals surface area contributed by atoms with Crippen molar-refractivity contribution in [3.63, 3.8) is 0 Å². The van der Waals surface area contributed by atoms with Gasteiger partial charge in [0.05, 0.1) is 23.5 Å². The Balaban J connectivity index is 1.92. The monoisotopic (exact) mass is 345 g/mol. The van der Waals surface area contributed by atoms with E-state index in [0.717, 1.165) is 16.2 Å². The molecule has 0 saturated carbocycles. The fourth-order valence-electron chi connectivity index (χ4n) is 2.35. The number of halogens is 2. The molecular formula is C17H13ClFN3S. The van der Waals surface area contributed by atoms with E-state index >= 15 is 0 Å². The van der Waals surface area contributed by atoms with Crippen LogP contribution in [0.25, 0.3) is 11.0 Å². The molecule has 0 aliphatic carbocycles. The number of nitrogens with zero attached hydrogens (tertiary/aromatic N) is 3. The van der Waals surface area contributed by atoms with Crippen molar-refractivity contribution in [1.82, 2.24) is 9.55 Å². The molecule has 0 saturated heterocycles. The second kappa shape index (κ2) is 7.03. The zero-order chi connectivity index (χ0) is 16.2. The van der Waals surface area contributed by atoms with Gasteiger partial charge in [-0.15, -0.1) is 0 Å². The Morgan fingerprint density at radius 3 is 2.83 bits per heavy atom. The summed E-state index contributed by atoms with van der Waals surface area (Å²) in [5.41, 5.74) is 2.32. The molecule has 1 heterocycles. The van der Waals surface area contributed by atoms with E-state index in [2.05, 4.69) is 11.1 Å². The summed E-state index contributed by atoms with van der Waals surface area (Å²) in [5.74, 6) is 0.0752. The average Bonchev–Trinajstić information content (AvgIpc) is 2.90. The number of aryl methyl sites for hydroxylation is 1. The number of hydrogen-bond acceptors (Lipinski definition) is 3. The van der Waals surface area contributed by atoms with Crippen molar-refractivity contribution in [3.8, 4) is 6.07 Å². The lowest BCUT2D eigenvalue weighted by Crippen LogP contribution is -2.00. The highest BCUT2D eigenvalue weighted by atomic mass is 35.5. The summed E-state index contributed by atoms with van der Waals surface area (Å²) >= 11 is 7.50. The van der Waals surface area contributed by atoms with Crippen molar-refractivity contribution in [3.05, 3.63) is 58.9 Å². The molecule has 3 aromatic rings. The number of benzene rings is 2. The lowest BCUT2D eigenvalue weighted by molar-refractivity contribution is 0.617. The fourth-order valence-corrected chi connectivity index (χ4v) is 3.73. The third-order valence-corrected chi connectivity index (χ3v) is 4.83. The standard InChI is InChI=1S/C17H13ClFN3S/c18-13-5-3-6-14(19)12(13)11-23-17-21-15-7-1-2-8-16(15)22(17)10-4-9-20/h1-3,5-8H,4,10-11H2. The van der Waals surface area contributed by atoms with Crippen LogP contribution in [0.4, 0.5) is 4.39 Å². The van der Waals surface area contributed by atoms with E-state index in [0.29, 0.717) is 29.3 Å². The Labute approximate surface area is 142 Å². The smallest absolute Gasteiger partial charge is 0.169 e. The zero-order valence-electron chi connectivity index (χ0n) is 12.2. The highest BCUT2D eigenvalue weighted by Gasteiger charge is 2.13. The van der Waals surface area contributed by atoms with E-state index in [1.165, 1.54) is 17.8 Å². The predicted molar refractivity (Wildman–Crippen MR) is 90.9 cm³/mol. The third kappa shape index (κ3) is 3.34. The van der Waals surface area contributed by atoms with Crippen LogP contribution >= 0.6 is 23.4 Å². The molecule has 0 fully saturated rings. The summed E-state index contributed by atoms with van der Waals surface area (Å²) < 4.78 is 15.9. The van der Waals surface area contributed by atoms with Gasteiger partial charge in [-0.3, -0.25) is 0 Å². The topological polar surface area (TPSA) is 41.6 Å². The summed E-state index contributed by atoms with van der Waals surface area (Å²) in [6.07, 6.45) is 0.397. The normalized spacial score (nSPS) is 10.8. The van der Waals surface area contributed by atoms with E-state index < -0.39 is 0 Å². The van der Waals surface area contributed by atoms with Gasteiger partial charge in [-0.2, -0.15) is 5.26 Å². The SMILES string of the molecule is N#CCCn1c(SCc2c(F)cccc2Cl)nc2ccccc21. The molecule has 0 atom stereocenters. The van der Waals surface area contributed by atoms with Crippen LogP contribution in [-0.2, 0) is 12.3 Å². The first-order valence-electron chi connectivity index (χ1n) is 7.08. The van der Waals surface area contributed by atoms with Crippen LogP contribution in [0.2, 0.25) is 5.02 Å². The molecule has 2 aromatic carbocycles. The molecule has 0 bridgehead atoms. The Hall–Kier alpha value is -2.03. The summed E-state index contributed by atoms with van der Waals surface area (Å²) in [6, 6.07) is 14.6. The van der Waals surface area contributed by atoms with Crippen molar-refractivity contribution in [1.29, 1.82) is 5.26 Å². The number of fused-ring (bicyclic) bond motifs is 1. The fraction of sp³-hybridized carbons (Fsp3) is 0.176. The minimum Gasteiger partial charge on any atom is -0.318 e. The second-order valence-corrected chi connectivity index (χ2v) is 6.28. The number of para-hydroxylation sites is 2. The largest absolute Gasteiger partial charge is 0.318 e. The number of nitriles is 1. The zero-order valence-corrected chi connectivity index (χ0v) is 13.7. The average molecular weight is 346 g/mol. The molecule has 116 valence electrons. The van der Waals surface area contributed by atoms with Crippen LogP contribution in [0.5, 0.6) is 0 Å². The van der Waals surface area contributed by atoms with E-state index in [1.54, 1.807) is 12.1 Å². The quantitative estimate of drug-likeness (QED) is 0.609.